The topological polar surface area (TPSA) is 73.0 Å². The molecule has 1 saturated heterocycles. The van der Waals surface area contributed by atoms with Gasteiger partial charge in [-0.3, -0.25) is 14.5 Å². The molecule has 194 valence electrons. The normalized spacial score (nSPS) is 20.4. The smallest absolute Gasteiger partial charge is 0.322 e. The molecule has 0 radical (unpaired) electrons. The molecule has 1 N–H and O–H groups in total. The first-order valence-electron chi connectivity index (χ1n) is 12.7. The maximum atomic E-state index is 13.6. The van der Waals surface area contributed by atoms with Gasteiger partial charge in [0.05, 0.1) is 23.9 Å². The Hall–Kier alpha value is -3.03. The van der Waals surface area contributed by atoms with Crippen LogP contribution in [0.1, 0.15) is 36.9 Å². The van der Waals surface area contributed by atoms with Crippen molar-refractivity contribution in [3.63, 3.8) is 0 Å². The van der Waals surface area contributed by atoms with Gasteiger partial charge < -0.3 is 15.1 Å². The van der Waals surface area contributed by atoms with Crippen molar-refractivity contribution in [3.8, 4) is 0 Å². The first-order chi connectivity index (χ1) is 17.9. The number of piperidine rings is 1. The zero-order chi connectivity index (χ0) is 26.1. The number of nitrogens with one attached hydrogen (secondary N) is 1. The van der Waals surface area contributed by atoms with Crippen molar-refractivity contribution in [2.75, 3.05) is 32.7 Å². The molecule has 9 heteroatoms. The van der Waals surface area contributed by atoms with Crippen LogP contribution in [0.4, 0.5) is 4.79 Å². The van der Waals surface area contributed by atoms with E-state index in [1.165, 1.54) is 5.56 Å². The Balaban J connectivity index is 1.27. The predicted octanol–water partition coefficient (Wildman–Crippen LogP) is 4.66. The van der Waals surface area contributed by atoms with E-state index in [0.29, 0.717) is 52.4 Å². The molecule has 2 aromatic carbocycles. The number of carbonyl (C=O) groups is 3. The lowest BCUT2D eigenvalue weighted by molar-refractivity contribution is -0.138. The summed E-state index contributed by atoms with van der Waals surface area (Å²) >= 11 is 12.5. The lowest BCUT2D eigenvalue weighted by Gasteiger charge is -2.33. The molecule has 37 heavy (non-hydrogen) atoms. The molecule has 2 aromatic rings. The van der Waals surface area contributed by atoms with Gasteiger partial charge in [0, 0.05) is 29.7 Å². The molecule has 0 bridgehead atoms. The van der Waals surface area contributed by atoms with E-state index < -0.39 is 6.04 Å². The van der Waals surface area contributed by atoms with Crippen molar-refractivity contribution in [1.29, 1.82) is 0 Å². The molecule has 0 unspecified atom stereocenters. The Morgan fingerprint density at radius 2 is 1.78 bits per heavy atom. The number of likely N-dealkylation sites (tertiary alicyclic amines) is 1. The van der Waals surface area contributed by atoms with Gasteiger partial charge in [-0.2, -0.15) is 0 Å². The van der Waals surface area contributed by atoms with Gasteiger partial charge in [-0.15, -0.1) is 0 Å². The van der Waals surface area contributed by atoms with Gasteiger partial charge in [0.25, 0.3) is 5.91 Å². The van der Waals surface area contributed by atoms with Crippen LogP contribution in [-0.4, -0.2) is 65.3 Å². The van der Waals surface area contributed by atoms with Gasteiger partial charge >= 0.3 is 6.03 Å². The summed E-state index contributed by atoms with van der Waals surface area (Å²) in [6, 6.07) is 14.4. The van der Waals surface area contributed by atoms with Crippen LogP contribution in [-0.2, 0) is 16.0 Å². The molecule has 3 heterocycles. The van der Waals surface area contributed by atoms with Gasteiger partial charge in [-0.1, -0.05) is 59.6 Å². The molecule has 0 aliphatic carbocycles. The Morgan fingerprint density at radius 3 is 2.46 bits per heavy atom. The van der Waals surface area contributed by atoms with E-state index in [4.69, 9.17) is 23.2 Å². The minimum absolute atomic E-state index is 0.0119. The number of likely N-dealkylation sites (N-methyl/N-ethyl adjacent to an activating group) is 1. The Labute approximate surface area is 227 Å². The first kappa shape index (κ1) is 25.6. The number of amides is 4. The Morgan fingerprint density at radius 1 is 1.05 bits per heavy atom. The van der Waals surface area contributed by atoms with Gasteiger partial charge in [0.2, 0.25) is 5.91 Å². The van der Waals surface area contributed by atoms with Crippen LogP contribution in [0.5, 0.6) is 0 Å². The highest BCUT2D eigenvalue weighted by Crippen LogP contribution is 2.39. The van der Waals surface area contributed by atoms with E-state index in [-0.39, 0.29) is 30.9 Å². The molecular weight excluding hydrogens is 511 g/mol. The molecule has 0 spiro atoms. The van der Waals surface area contributed by atoms with E-state index in [1.54, 1.807) is 28.0 Å². The van der Waals surface area contributed by atoms with Crippen LogP contribution in [0.15, 0.2) is 59.8 Å². The monoisotopic (exact) mass is 540 g/mol. The van der Waals surface area contributed by atoms with Crippen LogP contribution in [0.25, 0.3) is 0 Å². The summed E-state index contributed by atoms with van der Waals surface area (Å²) in [4.78, 5) is 44.7. The van der Waals surface area contributed by atoms with Crippen LogP contribution in [0, 0.1) is 5.92 Å². The van der Waals surface area contributed by atoms with Gasteiger partial charge in [0.15, 0.2) is 0 Å². The number of hydrogen-bond acceptors (Lipinski definition) is 3. The zero-order valence-corrected chi connectivity index (χ0v) is 22.3. The van der Waals surface area contributed by atoms with Crippen molar-refractivity contribution in [2.45, 2.75) is 32.2 Å². The summed E-state index contributed by atoms with van der Waals surface area (Å²) in [7, 11) is 0. The maximum Gasteiger partial charge on any atom is 0.322 e. The number of nitrogens with zero attached hydrogens (tertiary/aromatic N) is 3. The Kier molecular flexibility index (Phi) is 7.45. The maximum absolute atomic E-state index is 13.6. The molecule has 0 aromatic heterocycles. The van der Waals surface area contributed by atoms with Crippen LogP contribution in [0.3, 0.4) is 0 Å². The molecule has 7 nitrogen and oxygen atoms in total. The van der Waals surface area contributed by atoms with Gasteiger partial charge in [-0.25, -0.2) is 4.79 Å². The standard InChI is InChI=1S/C28H30Cl2N4O3/c1-2-34-23-16-33(17-24(35)32-12-10-19(11-13-32)14-18-6-4-3-5-7-18)27(36)25(23)26(31-28(34)37)21-9-8-20(29)15-22(21)30/h3-9,15,19,26H,2,10-14,16-17H2,1H3,(H,31,37)/t26-/m1/s1. The molecule has 4 amide bonds. The number of rotatable bonds is 6. The third-order valence-corrected chi connectivity index (χ3v) is 8.11. The average molecular weight is 541 g/mol. The summed E-state index contributed by atoms with van der Waals surface area (Å²) in [6.07, 6.45) is 2.91. The van der Waals surface area contributed by atoms with E-state index in [0.717, 1.165) is 19.3 Å². The molecule has 5 rings (SSSR count). The second-order valence-electron chi connectivity index (χ2n) is 9.83. The molecular formula is C28H30Cl2N4O3. The minimum Gasteiger partial charge on any atom is -0.341 e. The summed E-state index contributed by atoms with van der Waals surface area (Å²) < 4.78 is 0. The molecule has 3 aliphatic heterocycles. The lowest BCUT2D eigenvalue weighted by atomic mass is 9.90. The third kappa shape index (κ3) is 5.20. The number of hydrogen-bond donors (Lipinski definition) is 1. The number of benzene rings is 2. The second-order valence-corrected chi connectivity index (χ2v) is 10.7. The van der Waals surface area contributed by atoms with Crippen molar-refractivity contribution in [3.05, 3.63) is 81.0 Å². The van der Waals surface area contributed by atoms with Crippen LogP contribution in [0.2, 0.25) is 10.0 Å². The van der Waals surface area contributed by atoms with Gasteiger partial charge in [-0.05, 0) is 55.4 Å². The van der Waals surface area contributed by atoms with Crippen molar-refractivity contribution in [2.24, 2.45) is 5.92 Å². The van der Waals surface area contributed by atoms with E-state index in [1.807, 2.05) is 17.9 Å². The van der Waals surface area contributed by atoms with Crippen LogP contribution < -0.4 is 5.32 Å². The highest BCUT2D eigenvalue weighted by atomic mass is 35.5. The molecule has 1 fully saturated rings. The average Bonchev–Trinajstić information content (AvgIpc) is 3.20. The fraction of sp³-hybridized carbons (Fsp3) is 0.393. The van der Waals surface area contributed by atoms with Crippen molar-refractivity contribution >= 4 is 41.0 Å². The summed E-state index contributed by atoms with van der Waals surface area (Å²) in [5.74, 6) is 0.237. The van der Waals surface area contributed by atoms with Crippen LogP contribution >= 0.6 is 23.2 Å². The zero-order valence-electron chi connectivity index (χ0n) is 20.8. The van der Waals surface area contributed by atoms with E-state index in [9.17, 15) is 14.4 Å². The second kappa shape index (κ2) is 10.8. The largest absolute Gasteiger partial charge is 0.341 e. The molecule has 0 saturated carbocycles. The lowest BCUT2D eigenvalue weighted by Crippen LogP contribution is -2.47. The van der Waals surface area contributed by atoms with E-state index >= 15 is 0 Å². The Bertz CT molecular complexity index is 1240. The highest BCUT2D eigenvalue weighted by Gasteiger charge is 2.44. The fourth-order valence-corrected chi connectivity index (χ4v) is 6.09. The van der Waals surface area contributed by atoms with Gasteiger partial charge in [0.1, 0.15) is 6.54 Å². The highest BCUT2D eigenvalue weighted by molar-refractivity contribution is 6.35. The third-order valence-electron chi connectivity index (χ3n) is 7.55. The SMILES string of the molecule is CCN1C(=O)N[C@H](c2ccc(Cl)cc2Cl)C2=C1CN(CC(=O)N1CCC(Cc3ccccc3)CC1)C2=O. The first-order valence-corrected chi connectivity index (χ1v) is 13.5. The van der Waals surface area contributed by atoms with Crippen molar-refractivity contribution < 1.29 is 14.4 Å². The minimum atomic E-state index is -0.698. The summed E-state index contributed by atoms with van der Waals surface area (Å²) in [6.45, 7) is 3.86. The van der Waals surface area contributed by atoms with Crippen molar-refractivity contribution in [1.82, 2.24) is 20.0 Å². The van der Waals surface area contributed by atoms with E-state index in [2.05, 4.69) is 29.6 Å². The number of halogens is 2. The fourth-order valence-electron chi connectivity index (χ4n) is 5.58. The number of urea groups is 1. The summed E-state index contributed by atoms with van der Waals surface area (Å²) in [5, 5.41) is 3.76. The molecule has 1 atom stereocenters. The number of carbonyl (C=O) groups excluding carboxylic acids is 3. The summed E-state index contributed by atoms with van der Waals surface area (Å²) in [5.41, 5.74) is 3.01. The quantitative estimate of drug-likeness (QED) is 0.579. The predicted molar refractivity (Wildman–Crippen MR) is 143 cm³/mol. The molecule has 3 aliphatic rings.